The van der Waals surface area contributed by atoms with Gasteiger partial charge in [0, 0.05) is 5.56 Å². The highest BCUT2D eigenvalue weighted by atomic mass is 31.2. The maximum absolute atomic E-state index is 12.2. The van der Waals surface area contributed by atoms with Crippen molar-refractivity contribution in [3.05, 3.63) is 66.2 Å². The van der Waals surface area contributed by atoms with Crippen molar-refractivity contribution in [2.24, 2.45) is 5.16 Å². The van der Waals surface area contributed by atoms with E-state index in [4.69, 9.17) is 9.73 Å². The molecule has 5 nitrogen and oxygen atoms in total. The SMILES string of the molecule is O=P(O)(Oc1ccccc1)/C(=N/O)c1ccccc1. The van der Waals surface area contributed by atoms with E-state index in [-0.39, 0.29) is 5.75 Å². The molecule has 0 saturated carbocycles. The van der Waals surface area contributed by atoms with E-state index in [1.807, 2.05) is 0 Å². The summed E-state index contributed by atoms with van der Waals surface area (Å²) in [5, 5.41) is 11.9. The smallest absolute Gasteiger partial charge is 0.420 e. The summed E-state index contributed by atoms with van der Waals surface area (Å²) in [7, 11) is -4.25. The molecule has 0 spiro atoms. The third kappa shape index (κ3) is 3.22. The van der Waals surface area contributed by atoms with Gasteiger partial charge in [-0.3, -0.25) is 0 Å². The first-order valence-electron chi connectivity index (χ1n) is 5.49. The fourth-order valence-corrected chi connectivity index (χ4v) is 2.61. The van der Waals surface area contributed by atoms with Gasteiger partial charge in [-0.25, -0.2) is 4.57 Å². The van der Waals surface area contributed by atoms with Crippen LogP contribution >= 0.6 is 7.60 Å². The van der Waals surface area contributed by atoms with E-state index < -0.39 is 13.0 Å². The average Bonchev–Trinajstić information content (AvgIpc) is 2.41. The summed E-state index contributed by atoms with van der Waals surface area (Å²) in [4.78, 5) is 9.92. The number of hydrogen-bond acceptors (Lipinski definition) is 4. The van der Waals surface area contributed by atoms with Crippen LogP contribution in [-0.2, 0) is 4.57 Å². The molecular formula is C13H12NO4P. The fraction of sp³-hybridized carbons (Fsp3) is 0. The van der Waals surface area contributed by atoms with Gasteiger partial charge in [-0.05, 0) is 12.1 Å². The Labute approximate surface area is 110 Å². The zero-order valence-electron chi connectivity index (χ0n) is 9.88. The number of nitrogens with zero attached hydrogens (tertiary/aromatic N) is 1. The first-order valence-corrected chi connectivity index (χ1v) is 7.07. The van der Waals surface area contributed by atoms with Crippen molar-refractivity contribution in [1.29, 1.82) is 0 Å². The average molecular weight is 277 g/mol. The molecule has 0 bridgehead atoms. The van der Waals surface area contributed by atoms with Crippen LogP contribution in [0.2, 0.25) is 0 Å². The Morgan fingerprint density at radius 2 is 1.53 bits per heavy atom. The van der Waals surface area contributed by atoms with Crippen molar-refractivity contribution in [2.75, 3.05) is 0 Å². The van der Waals surface area contributed by atoms with E-state index in [0.717, 1.165) is 0 Å². The minimum Gasteiger partial charge on any atom is -0.420 e. The van der Waals surface area contributed by atoms with Gasteiger partial charge in [-0.15, -0.1) is 0 Å². The van der Waals surface area contributed by atoms with Gasteiger partial charge in [0.1, 0.15) is 5.75 Å². The third-order valence-electron chi connectivity index (χ3n) is 2.37. The molecule has 0 aliphatic heterocycles. The molecule has 0 fully saturated rings. The molecule has 0 aliphatic rings. The van der Waals surface area contributed by atoms with Crippen LogP contribution in [-0.4, -0.2) is 15.6 Å². The molecule has 2 rings (SSSR count). The molecule has 2 aromatic rings. The van der Waals surface area contributed by atoms with Crippen LogP contribution in [0.15, 0.2) is 65.8 Å². The highest BCUT2D eigenvalue weighted by Gasteiger charge is 2.31. The van der Waals surface area contributed by atoms with E-state index in [9.17, 15) is 9.46 Å². The second kappa shape index (κ2) is 5.69. The lowest BCUT2D eigenvalue weighted by molar-refractivity contribution is 0.317. The van der Waals surface area contributed by atoms with Crippen LogP contribution in [0.25, 0.3) is 0 Å². The molecule has 0 saturated heterocycles. The Morgan fingerprint density at radius 3 is 2.05 bits per heavy atom. The minimum absolute atomic E-state index is 0.227. The summed E-state index contributed by atoms with van der Waals surface area (Å²) < 4.78 is 17.2. The first-order chi connectivity index (χ1) is 9.13. The maximum Gasteiger partial charge on any atom is 0.430 e. The Balaban J connectivity index is 2.31. The predicted molar refractivity (Wildman–Crippen MR) is 71.7 cm³/mol. The van der Waals surface area contributed by atoms with Crippen molar-refractivity contribution >= 4 is 13.0 Å². The zero-order chi connectivity index (χ0) is 13.7. The molecule has 0 amide bonds. The van der Waals surface area contributed by atoms with Gasteiger partial charge in [0.25, 0.3) is 0 Å². The van der Waals surface area contributed by atoms with E-state index in [0.29, 0.717) is 5.56 Å². The molecule has 98 valence electrons. The van der Waals surface area contributed by atoms with Gasteiger partial charge >= 0.3 is 7.60 Å². The lowest BCUT2D eigenvalue weighted by atomic mass is 10.2. The van der Waals surface area contributed by atoms with E-state index >= 15 is 0 Å². The number of para-hydroxylation sites is 1. The summed E-state index contributed by atoms with van der Waals surface area (Å²) in [6, 6.07) is 16.4. The maximum atomic E-state index is 12.2. The van der Waals surface area contributed by atoms with E-state index in [1.165, 1.54) is 0 Å². The standard InChI is InChI=1S/C13H12NO4P/c15-14-13(11-7-3-1-4-8-11)19(16,17)18-12-9-5-2-6-10-12/h1-10,15H,(H,16,17)/b14-13+. The topological polar surface area (TPSA) is 79.1 Å². The van der Waals surface area contributed by atoms with Gasteiger partial charge in [0.2, 0.25) is 5.45 Å². The van der Waals surface area contributed by atoms with Gasteiger partial charge in [0.05, 0.1) is 0 Å². The van der Waals surface area contributed by atoms with Crippen molar-refractivity contribution < 1.29 is 19.2 Å². The summed E-state index contributed by atoms with van der Waals surface area (Å²) in [5.74, 6) is 0.227. The predicted octanol–water partition coefficient (Wildman–Crippen LogP) is 3.09. The molecule has 1 atom stereocenters. The van der Waals surface area contributed by atoms with Crippen molar-refractivity contribution in [3.63, 3.8) is 0 Å². The van der Waals surface area contributed by atoms with Crippen LogP contribution in [0.5, 0.6) is 5.75 Å². The lowest BCUT2D eigenvalue weighted by Gasteiger charge is -2.14. The molecule has 0 aliphatic carbocycles. The Morgan fingerprint density at radius 1 is 1.00 bits per heavy atom. The van der Waals surface area contributed by atoms with E-state index in [1.54, 1.807) is 60.7 Å². The third-order valence-corrected chi connectivity index (χ3v) is 3.71. The molecule has 0 radical (unpaired) electrons. The van der Waals surface area contributed by atoms with Crippen LogP contribution in [0.3, 0.4) is 0 Å². The Bertz CT molecular complexity index is 613. The van der Waals surface area contributed by atoms with Gasteiger partial charge in [-0.1, -0.05) is 53.7 Å². The number of benzene rings is 2. The summed E-state index contributed by atoms with van der Waals surface area (Å²) in [6.07, 6.45) is 0. The molecule has 0 heterocycles. The molecule has 2 aromatic carbocycles. The molecular weight excluding hydrogens is 265 g/mol. The molecule has 19 heavy (non-hydrogen) atoms. The number of oxime groups is 1. The number of hydrogen-bond donors (Lipinski definition) is 2. The first kappa shape index (κ1) is 13.3. The summed E-state index contributed by atoms with van der Waals surface area (Å²) in [6.45, 7) is 0. The Kier molecular flexibility index (Phi) is 4.00. The highest BCUT2D eigenvalue weighted by molar-refractivity contribution is 7.72. The molecule has 0 aromatic heterocycles. The van der Waals surface area contributed by atoms with Crippen LogP contribution in [0, 0.1) is 0 Å². The zero-order valence-corrected chi connectivity index (χ0v) is 10.8. The second-order valence-electron chi connectivity index (χ2n) is 3.71. The normalized spacial score (nSPS) is 14.7. The van der Waals surface area contributed by atoms with Crippen molar-refractivity contribution in [2.45, 2.75) is 0 Å². The summed E-state index contributed by atoms with van der Waals surface area (Å²) in [5.41, 5.74) is -0.0660. The van der Waals surface area contributed by atoms with Gasteiger partial charge in [0.15, 0.2) is 0 Å². The van der Waals surface area contributed by atoms with Gasteiger partial charge < -0.3 is 14.6 Å². The number of rotatable bonds is 4. The minimum atomic E-state index is -4.25. The molecule has 6 heteroatoms. The van der Waals surface area contributed by atoms with Crippen LogP contribution in [0.1, 0.15) is 5.56 Å². The summed E-state index contributed by atoms with van der Waals surface area (Å²) >= 11 is 0. The molecule has 1 unspecified atom stereocenters. The monoisotopic (exact) mass is 277 g/mol. The van der Waals surface area contributed by atoms with Crippen LogP contribution in [0.4, 0.5) is 0 Å². The largest absolute Gasteiger partial charge is 0.430 e. The van der Waals surface area contributed by atoms with E-state index in [2.05, 4.69) is 5.16 Å². The highest BCUT2D eigenvalue weighted by Crippen LogP contribution is 2.46. The van der Waals surface area contributed by atoms with Crippen molar-refractivity contribution in [3.8, 4) is 5.75 Å². The second-order valence-corrected chi connectivity index (χ2v) is 5.36. The lowest BCUT2D eigenvalue weighted by Crippen LogP contribution is -2.07. The molecule has 2 N–H and O–H groups in total. The Hall–Kier alpha value is -2.10. The quantitative estimate of drug-likeness (QED) is 0.389. The van der Waals surface area contributed by atoms with Crippen molar-refractivity contribution in [1.82, 2.24) is 0 Å². The fourth-order valence-electron chi connectivity index (χ4n) is 1.53. The van der Waals surface area contributed by atoms with Crippen LogP contribution < -0.4 is 4.52 Å². The van der Waals surface area contributed by atoms with Gasteiger partial charge in [-0.2, -0.15) is 0 Å².